The minimum absolute atomic E-state index is 0.786. The van der Waals surface area contributed by atoms with E-state index in [1.54, 1.807) is 0 Å². The minimum Gasteiger partial charge on any atom is -0.379 e. The number of hydrogen-bond acceptors (Lipinski definition) is 1. The van der Waals surface area contributed by atoms with E-state index in [0.717, 1.165) is 15.0 Å². The Morgan fingerprint density at radius 3 is 2.75 bits per heavy atom. The summed E-state index contributed by atoms with van der Waals surface area (Å²) in [5, 5.41) is 2.96. The van der Waals surface area contributed by atoms with Gasteiger partial charge in [-0.25, -0.2) is 0 Å². The highest BCUT2D eigenvalue weighted by Gasteiger charge is 2.02. The predicted octanol–water partition coefficient (Wildman–Crippen LogP) is 2.65. The lowest BCUT2D eigenvalue weighted by molar-refractivity contribution is 1.19. The quantitative estimate of drug-likeness (QED) is 0.762. The maximum Gasteiger partial charge on any atom is 0.106 e. The summed E-state index contributed by atoms with van der Waals surface area (Å²) in [6, 6.07) is 6.08. The second kappa shape index (κ2) is 4.01. The molecule has 0 aromatic heterocycles. The van der Waals surface area contributed by atoms with Gasteiger partial charge in [-0.05, 0) is 24.6 Å². The lowest BCUT2D eigenvalue weighted by Crippen LogP contribution is -2.17. The zero-order valence-electron chi connectivity index (χ0n) is 7.02. The zero-order valence-corrected chi connectivity index (χ0v) is 9.42. The van der Waals surface area contributed by atoms with Crippen LogP contribution < -0.4 is 5.32 Å². The van der Waals surface area contributed by atoms with Gasteiger partial charge in [-0.3, -0.25) is 0 Å². The Labute approximate surface area is 86.3 Å². The minimum atomic E-state index is 0.786. The van der Waals surface area contributed by atoms with Crippen LogP contribution in [0.4, 0.5) is 0 Å². The normalized spacial score (nSPS) is 9.58. The van der Waals surface area contributed by atoms with Crippen LogP contribution in [0.2, 0.25) is 0 Å². The Kier molecular flexibility index (Phi) is 3.23. The maximum absolute atomic E-state index is 5.14. The smallest absolute Gasteiger partial charge is 0.106 e. The molecule has 0 aliphatic heterocycles. The molecule has 0 saturated carbocycles. The van der Waals surface area contributed by atoms with Crippen LogP contribution in [0.3, 0.4) is 0 Å². The van der Waals surface area contributed by atoms with E-state index in [-0.39, 0.29) is 0 Å². The first-order valence-electron chi connectivity index (χ1n) is 3.63. The monoisotopic (exact) mass is 243 g/mol. The van der Waals surface area contributed by atoms with Crippen LogP contribution in [0.1, 0.15) is 11.1 Å². The number of halogens is 1. The molecule has 0 fully saturated rings. The van der Waals surface area contributed by atoms with Gasteiger partial charge in [-0.15, -0.1) is 0 Å². The highest BCUT2D eigenvalue weighted by Crippen LogP contribution is 2.16. The molecule has 0 aliphatic carbocycles. The van der Waals surface area contributed by atoms with Crippen molar-refractivity contribution in [2.24, 2.45) is 0 Å². The zero-order chi connectivity index (χ0) is 9.14. The largest absolute Gasteiger partial charge is 0.379 e. The predicted molar refractivity (Wildman–Crippen MR) is 59.6 cm³/mol. The van der Waals surface area contributed by atoms with Crippen molar-refractivity contribution in [1.29, 1.82) is 0 Å². The van der Waals surface area contributed by atoms with Crippen molar-refractivity contribution in [3.05, 3.63) is 33.8 Å². The number of benzene rings is 1. The van der Waals surface area contributed by atoms with Gasteiger partial charge in [0, 0.05) is 17.1 Å². The molecule has 12 heavy (non-hydrogen) atoms. The lowest BCUT2D eigenvalue weighted by Gasteiger charge is -2.06. The SMILES string of the molecule is CNC(=S)c1cc(Br)ccc1C. The molecular formula is C9H10BrNS. The summed E-state index contributed by atoms with van der Waals surface area (Å²) in [7, 11) is 1.84. The van der Waals surface area contributed by atoms with E-state index >= 15 is 0 Å². The molecule has 1 nitrogen and oxygen atoms in total. The van der Waals surface area contributed by atoms with E-state index in [1.807, 2.05) is 32.2 Å². The second-order valence-corrected chi connectivity index (χ2v) is 3.86. The van der Waals surface area contributed by atoms with Gasteiger partial charge >= 0.3 is 0 Å². The topological polar surface area (TPSA) is 12.0 Å². The van der Waals surface area contributed by atoms with Crippen LogP contribution in [0.5, 0.6) is 0 Å². The van der Waals surface area contributed by atoms with Crippen molar-refractivity contribution in [2.45, 2.75) is 6.92 Å². The van der Waals surface area contributed by atoms with Gasteiger partial charge in [0.05, 0.1) is 0 Å². The Morgan fingerprint density at radius 1 is 1.50 bits per heavy atom. The van der Waals surface area contributed by atoms with Crippen molar-refractivity contribution < 1.29 is 0 Å². The second-order valence-electron chi connectivity index (χ2n) is 2.54. The molecule has 0 atom stereocenters. The highest BCUT2D eigenvalue weighted by atomic mass is 79.9. The fourth-order valence-electron chi connectivity index (χ4n) is 0.974. The van der Waals surface area contributed by atoms with Crippen LogP contribution in [-0.2, 0) is 0 Å². The van der Waals surface area contributed by atoms with Crippen molar-refractivity contribution in [1.82, 2.24) is 5.32 Å². The summed E-state index contributed by atoms with van der Waals surface area (Å²) in [6.45, 7) is 2.05. The average molecular weight is 244 g/mol. The maximum atomic E-state index is 5.14. The summed E-state index contributed by atoms with van der Waals surface area (Å²) in [6.07, 6.45) is 0. The van der Waals surface area contributed by atoms with Gasteiger partial charge in [-0.1, -0.05) is 34.2 Å². The fourth-order valence-corrected chi connectivity index (χ4v) is 1.55. The summed E-state index contributed by atoms with van der Waals surface area (Å²) < 4.78 is 1.06. The van der Waals surface area contributed by atoms with E-state index in [2.05, 4.69) is 21.2 Å². The van der Waals surface area contributed by atoms with Crippen LogP contribution in [-0.4, -0.2) is 12.0 Å². The van der Waals surface area contributed by atoms with Gasteiger partial charge in [0.15, 0.2) is 0 Å². The van der Waals surface area contributed by atoms with E-state index in [0.29, 0.717) is 0 Å². The molecule has 3 heteroatoms. The molecule has 0 spiro atoms. The molecule has 0 unspecified atom stereocenters. The molecule has 0 bridgehead atoms. The summed E-state index contributed by atoms with van der Waals surface area (Å²) >= 11 is 8.54. The standard InChI is InChI=1S/C9H10BrNS/c1-6-3-4-7(10)5-8(6)9(12)11-2/h3-5H,1-2H3,(H,11,12). The number of hydrogen-bond donors (Lipinski definition) is 1. The molecule has 1 aromatic rings. The van der Waals surface area contributed by atoms with Crippen LogP contribution in [0.15, 0.2) is 22.7 Å². The third-order valence-corrected chi connectivity index (χ3v) is 2.59. The first-order valence-corrected chi connectivity index (χ1v) is 4.83. The molecule has 1 N–H and O–H groups in total. The van der Waals surface area contributed by atoms with Crippen molar-refractivity contribution >= 4 is 33.1 Å². The number of rotatable bonds is 1. The van der Waals surface area contributed by atoms with Crippen molar-refractivity contribution in [2.75, 3.05) is 7.05 Å². The molecule has 0 saturated heterocycles. The summed E-state index contributed by atoms with van der Waals surface area (Å²) in [4.78, 5) is 0.786. The molecule has 0 radical (unpaired) electrons. The molecule has 0 aliphatic rings. The number of aryl methyl sites for hydroxylation is 1. The molecule has 64 valence electrons. The van der Waals surface area contributed by atoms with Crippen LogP contribution in [0, 0.1) is 6.92 Å². The third-order valence-electron chi connectivity index (χ3n) is 1.67. The summed E-state index contributed by atoms with van der Waals surface area (Å²) in [5.74, 6) is 0. The highest BCUT2D eigenvalue weighted by molar-refractivity contribution is 9.10. The van der Waals surface area contributed by atoms with Crippen molar-refractivity contribution in [3.8, 4) is 0 Å². The van der Waals surface area contributed by atoms with E-state index < -0.39 is 0 Å². The Balaban J connectivity index is 3.13. The van der Waals surface area contributed by atoms with Gasteiger partial charge < -0.3 is 5.32 Å². The molecule has 1 rings (SSSR count). The Hall–Kier alpha value is -0.410. The summed E-state index contributed by atoms with van der Waals surface area (Å²) in [5.41, 5.74) is 2.28. The average Bonchev–Trinajstić information content (AvgIpc) is 2.08. The molecular weight excluding hydrogens is 234 g/mol. The Bertz CT molecular complexity index is 309. The Morgan fingerprint density at radius 2 is 2.17 bits per heavy atom. The third kappa shape index (κ3) is 2.05. The van der Waals surface area contributed by atoms with Gasteiger partial charge in [-0.2, -0.15) is 0 Å². The first kappa shape index (κ1) is 9.68. The molecule has 0 heterocycles. The van der Waals surface area contributed by atoms with Crippen molar-refractivity contribution in [3.63, 3.8) is 0 Å². The van der Waals surface area contributed by atoms with Crippen LogP contribution >= 0.6 is 28.1 Å². The first-order chi connectivity index (χ1) is 5.65. The van der Waals surface area contributed by atoms with Gasteiger partial charge in [0.2, 0.25) is 0 Å². The molecule has 1 aromatic carbocycles. The van der Waals surface area contributed by atoms with E-state index in [4.69, 9.17) is 12.2 Å². The fraction of sp³-hybridized carbons (Fsp3) is 0.222. The molecule has 0 amide bonds. The lowest BCUT2D eigenvalue weighted by atomic mass is 10.1. The van der Waals surface area contributed by atoms with E-state index in [1.165, 1.54) is 5.56 Å². The van der Waals surface area contributed by atoms with E-state index in [9.17, 15) is 0 Å². The van der Waals surface area contributed by atoms with Crippen LogP contribution in [0.25, 0.3) is 0 Å². The number of thiocarbonyl (C=S) groups is 1. The van der Waals surface area contributed by atoms with Gasteiger partial charge in [0.25, 0.3) is 0 Å². The number of nitrogens with one attached hydrogen (secondary N) is 1. The van der Waals surface area contributed by atoms with Gasteiger partial charge in [0.1, 0.15) is 4.99 Å².